The molecule has 0 N–H and O–H groups in total. The lowest BCUT2D eigenvalue weighted by atomic mass is 10.1. The predicted octanol–water partition coefficient (Wildman–Crippen LogP) is 4.81. The van der Waals surface area contributed by atoms with Gasteiger partial charge in [-0.05, 0) is 32.1 Å². The summed E-state index contributed by atoms with van der Waals surface area (Å²) in [7, 11) is 0. The number of carbonyl (C=O) groups is 1. The minimum atomic E-state index is -0.185. The molecule has 0 atom stereocenters. The Labute approximate surface area is 110 Å². The molecule has 0 aromatic carbocycles. The molecule has 0 saturated heterocycles. The van der Waals surface area contributed by atoms with Gasteiger partial charge in [-0.25, -0.2) is 0 Å². The maximum absolute atomic E-state index is 10.5. The van der Waals surface area contributed by atoms with Crippen LogP contribution in [0.2, 0.25) is 0 Å². The third-order valence-electron chi connectivity index (χ3n) is 2.54. The van der Waals surface area contributed by atoms with Crippen molar-refractivity contribution in [1.29, 1.82) is 0 Å². The molecule has 0 aliphatic rings. The number of allylic oxidation sites excluding steroid dienone is 2. The van der Waals surface area contributed by atoms with Gasteiger partial charge in [0, 0.05) is 12.0 Å². The Morgan fingerprint density at radius 3 is 2.53 bits per heavy atom. The average Bonchev–Trinajstić information content (AvgIpc) is 2.29. The van der Waals surface area contributed by atoms with Crippen LogP contribution in [0.25, 0.3) is 0 Å². The Kier molecular flexibility index (Phi) is 11.6. The number of hydrogen-bond donors (Lipinski definition) is 0. The Hall–Kier alpha value is -0.500. The lowest BCUT2D eigenvalue weighted by molar-refractivity contribution is -0.141. The van der Waals surface area contributed by atoms with E-state index in [9.17, 15) is 4.79 Å². The van der Waals surface area contributed by atoms with Crippen LogP contribution in [0.4, 0.5) is 0 Å². The number of carbonyl (C=O) groups excluding carboxylic acids is 1. The zero-order chi connectivity index (χ0) is 12.9. The minimum absolute atomic E-state index is 0.185. The number of esters is 1. The predicted molar refractivity (Wildman–Crippen MR) is 73.2 cm³/mol. The molecule has 0 aliphatic heterocycles. The zero-order valence-corrected chi connectivity index (χ0v) is 11.9. The van der Waals surface area contributed by atoms with Gasteiger partial charge in [-0.3, -0.25) is 4.79 Å². The van der Waals surface area contributed by atoms with Gasteiger partial charge in [0.05, 0.1) is 6.61 Å². The van der Waals surface area contributed by atoms with Crippen LogP contribution in [0.1, 0.15) is 65.2 Å². The van der Waals surface area contributed by atoms with Gasteiger partial charge in [0.15, 0.2) is 0 Å². The highest BCUT2D eigenvalue weighted by Crippen LogP contribution is 2.14. The van der Waals surface area contributed by atoms with E-state index in [1.807, 2.05) is 0 Å². The van der Waals surface area contributed by atoms with E-state index >= 15 is 0 Å². The van der Waals surface area contributed by atoms with Gasteiger partial charge in [-0.2, -0.15) is 0 Å². The molecule has 0 aromatic rings. The van der Waals surface area contributed by atoms with Crippen LogP contribution in [0.15, 0.2) is 11.1 Å². The van der Waals surface area contributed by atoms with Crippen molar-refractivity contribution in [2.75, 3.05) is 6.61 Å². The van der Waals surface area contributed by atoms with Gasteiger partial charge in [-0.15, -0.1) is 0 Å². The topological polar surface area (TPSA) is 26.3 Å². The lowest BCUT2D eigenvalue weighted by Crippen LogP contribution is -1.99. The van der Waals surface area contributed by atoms with Crippen LogP contribution in [0.3, 0.4) is 0 Å². The summed E-state index contributed by atoms with van der Waals surface area (Å²) >= 11 is 6.06. The Morgan fingerprint density at radius 2 is 1.88 bits per heavy atom. The van der Waals surface area contributed by atoms with Crippen LogP contribution >= 0.6 is 11.6 Å². The zero-order valence-electron chi connectivity index (χ0n) is 11.1. The Balaban J connectivity index is 3.25. The van der Waals surface area contributed by atoms with E-state index in [0.29, 0.717) is 6.61 Å². The molecule has 0 fully saturated rings. The molecular formula is C14H25ClO2. The Morgan fingerprint density at radius 1 is 1.18 bits per heavy atom. The van der Waals surface area contributed by atoms with Crippen molar-refractivity contribution < 1.29 is 9.53 Å². The van der Waals surface area contributed by atoms with Crippen molar-refractivity contribution in [1.82, 2.24) is 0 Å². The molecule has 0 aromatic heterocycles. The number of halogens is 1. The van der Waals surface area contributed by atoms with Crippen LogP contribution in [0, 0.1) is 0 Å². The molecule has 0 heterocycles. The van der Waals surface area contributed by atoms with E-state index in [2.05, 4.69) is 13.0 Å². The van der Waals surface area contributed by atoms with Crippen molar-refractivity contribution in [3.05, 3.63) is 11.1 Å². The van der Waals surface area contributed by atoms with Gasteiger partial charge < -0.3 is 4.74 Å². The summed E-state index contributed by atoms with van der Waals surface area (Å²) in [5, 5.41) is 1.01. The molecule has 0 saturated carbocycles. The fraction of sp³-hybridized carbons (Fsp3) is 0.786. The molecule has 0 aliphatic carbocycles. The highest BCUT2D eigenvalue weighted by molar-refractivity contribution is 6.29. The lowest BCUT2D eigenvalue weighted by Gasteiger charge is -2.01. The number of rotatable bonds is 10. The molecule has 0 unspecified atom stereocenters. The van der Waals surface area contributed by atoms with E-state index in [1.165, 1.54) is 32.6 Å². The Bertz CT molecular complexity index is 224. The van der Waals surface area contributed by atoms with E-state index in [0.717, 1.165) is 30.7 Å². The third-order valence-corrected chi connectivity index (χ3v) is 2.88. The third kappa shape index (κ3) is 13.4. The molecule has 0 radical (unpaired) electrons. The summed E-state index contributed by atoms with van der Waals surface area (Å²) in [6, 6.07) is 0. The van der Waals surface area contributed by atoms with Crippen molar-refractivity contribution in [3.8, 4) is 0 Å². The van der Waals surface area contributed by atoms with E-state index in [4.69, 9.17) is 16.3 Å². The molecule has 0 spiro atoms. The van der Waals surface area contributed by atoms with Gasteiger partial charge in [0.1, 0.15) is 0 Å². The summed E-state index contributed by atoms with van der Waals surface area (Å²) in [5.74, 6) is -0.185. The van der Waals surface area contributed by atoms with Gasteiger partial charge in [0.2, 0.25) is 0 Å². The van der Waals surface area contributed by atoms with Gasteiger partial charge in [-0.1, -0.05) is 43.9 Å². The maximum atomic E-state index is 10.5. The van der Waals surface area contributed by atoms with Crippen LogP contribution in [-0.2, 0) is 9.53 Å². The second-order valence-corrected chi connectivity index (χ2v) is 4.78. The summed E-state index contributed by atoms with van der Waals surface area (Å²) in [4.78, 5) is 10.5. The summed E-state index contributed by atoms with van der Waals surface area (Å²) in [5.41, 5.74) is 0. The first kappa shape index (κ1) is 16.5. The molecule has 2 nitrogen and oxygen atoms in total. The number of unbranched alkanes of at least 4 members (excludes halogenated alkanes) is 5. The fourth-order valence-corrected chi connectivity index (χ4v) is 1.76. The smallest absolute Gasteiger partial charge is 0.302 e. The molecule has 0 bridgehead atoms. The summed E-state index contributed by atoms with van der Waals surface area (Å²) in [6.45, 7) is 4.18. The summed E-state index contributed by atoms with van der Waals surface area (Å²) in [6.07, 6.45) is 11.0. The van der Waals surface area contributed by atoms with Gasteiger partial charge in [0.25, 0.3) is 0 Å². The number of ether oxygens (including phenoxy) is 1. The molecule has 17 heavy (non-hydrogen) atoms. The minimum Gasteiger partial charge on any atom is -0.466 e. The first-order valence-corrected chi connectivity index (χ1v) is 7.02. The standard InChI is InChI=1S/C14H25ClO2/c1-3-4-10-14(15)11-8-6-5-7-9-12-17-13(2)16/h11H,3-10,12H2,1-2H3/b14-11+. The second-order valence-electron chi connectivity index (χ2n) is 4.30. The van der Waals surface area contributed by atoms with Crippen molar-refractivity contribution >= 4 is 17.6 Å². The van der Waals surface area contributed by atoms with Gasteiger partial charge >= 0.3 is 5.97 Å². The van der Waals surface area contributed by atoms with Crippen LogP contribution in [-0.4, -0.2) is 12.6 Å². The maximum Gasteiger partial charge on any atom is 0.302 e. The SMILES string of the molecule is CCCC/C(Cl)=C\CCCCCCOC(C)=O. The number of hydrogen-bond acceptors (Lipinski definition) is 2. The van der Waals surface area contributed by atoms with Crippen molar-refractivity contribution in [2.45, 2.75) is 65.2 Å². The molecule has 0 rings (SSSR count). The van der Waals surface area contributed by atoms with E-state index in [1.54, 1.807) is 0 Å². The summed E-state index contributed by atoms with van der Waals surface area (Å²) < 4.78 is 4.86. The second kappa shape index (κ2) is 12.0. The fourth-order valence-electron chi connectivity index (χ4n) is 1.52. The van der Waals surface area contributed by atoms with Crippen molar-refractivity contribution in [3.63, 3.8) is 0 Å². The normalized spacial score (nSPS) is 11.6. The van der Waals surface area contributed by atoms with E-state index in [-0.39, 0.29) is 5.97 Å². The largest absolute Gasteiger partial charge is 0.466 e. The highest BCUT2D eigenvalue weighted by atomic mass is 35.5. The van der Waals surface area contributed by atoms with Crippen LogP contribution in [0.5, 0.6) is 0 Å². The quantitative estimate of drug-likeness (QED) is 0.416. The monoisotopic (exact) mass is 260 g/mol. The van der Waals surface area contributed by atoms with Crippen LogP contribution < -0.4 is 0 Å². The highest BCUT2D eigenvalue weighted by Gasteiger charge is 1.94. The molecule has 3 heteroatoms. The first-order chi connectivity index (χ1) is 8.16. The van der Waals surface area contributed by atoms with E-state index < -0.39 is 0 Å². The van der Waals surface area contributed by atoms with Crippen molar-refractivity contribution in [2.24, 2.45) is 0 Å². The molecular weight excluding hydrogens is 236 g/mol. The molecule has 100 valence electrons. The molecule has 0 amide bonds. The first-order valence-electron chi connectivity index (χ1n) is 6.64. The average molecular weight is 261 g/mol.